The maximum absolute atomic E-state index is 13.4. The molecule has 1 N–H and O–H groups in total. The Kier molecular flexibility index (Phi) is 4.68. The summed E-state index contributed by atoms with van der Waals surface area (Å²) in [5.74, 6) is 0.552. The quantitative estimate of drug-likeness (QED) is 0.698. The SMILES string of the molecule is COc1ccc(C2(NC(=O)C(c3ccccc3)c3ccccc3)CC2)cc1. The van der Waals surface area contributed by atoms with Crippen LogP contribution in [0.3, 0.4) is 0 Å². The van der Waals surface area contributed by atoms with Gasteiger partial charge in [0.05, 0.1) is 18.6 Å². The van der Waals surface area contributed by atoms with E-state index in [-0.39, 0.29) is 17.4 Å². The van der Waals surface area contributed by atoms with Crippen LogP contribution in [0.15, 0.2) is 84.9 Å². The van der Waals surface area contributed by atoms with Gasteiger partial charge in [0.25, 0.3) is 0 Å². The van der Waals surface area contributed by atoms with Gasteiger partial charge in [-0.1, -0.05) is 72.8 Å². The van der Waals surface area contributed by atoms with Crippen LogP contribution in [-0.4, -0.2) is 13.0 Å². The highest BCUT2D eigenvalue weighted by atomic mass is 16.5. The Morgan fingerprint density at radius 1 is 0.852 bits per heavy atom. The molecular formula is C24H23NO2. The van der Waals surface area contributed by atoms with Gasteiger partial charge in [-0.3, -0.25) is 4.79 Å². The Balaban J connectivity index is 1.62. The molecule has 1 amide bonds. The molecule has 1 aliphatic carbocycles. The molecular weight excluding hydrogens is 334 g/mol. The minimum Gasteiger partial charge on any atom is -0.497 e. The molecule has 1 saturated carbocycles. The topological polar surface area (TPSA) is 38.3 Å². The highest BCUT2D eigenvalue weighted by Gasteiger charge is 2.46. The minimum atomic E-state index is -0.317. The largest absolute Gasteiger partial charge is 0.497 e. The Bertz CT molecular complexity index is 861. The van der Waals surface area contributed by atoms with Crippen LogP contribution in [-0.2, 0) is 10.3 Å². The van der Waals surface area contributed by atoms with Crippen LogP contribution in [0.2, 0.25) is 0 Å². The van der Waals surface area contributed by atoms with Crippen molar-refractivity contribution in [2.75, 3.05) is 7.11 Å². The molecule has 0 unspecified atom stereocenters. The fourth-order valence-electron chi connectivity index (χ4n) is 3.62. The van der Waals surface area contributed by atoms with Crippen LogP contribution in [0, 0.1) is 0 Å². The van der Waals surface area contributed by atoms with Gasteiger partial charge in [0, 0.05) is 0 Å². The van der Waals surface area contributed by atoms with Crippen molar-refractivity contribution >= 4 is 5.91 Å². The van der Waals surface area contributed by atoms with E-state index < -0.39 is 0 Å². The lowest BCUT2D eigenvalue weighted by Gasteiger charge is -2.23. The highest BCUT2D eigenvalue weighted by molar-refractivity contribution is 5.88. The van der Waals surface area contributed by atoms with Gasteiger partial charge in [0.1, 0.15) is 5.75 Å². The second-order valence-electron chi connectivity index (χ2n) is 7.05. The maximum Gasteiger partial charge on any atom is 0.232 e. The lowest BCUT2D eigenvalue weighted by atomic mass is 9.90. The second-order valence-corrected chi connectivity index (χ2v) is 7.05. The van der Waals surface area contributed by atoms with E-state index in [1.807, 2.05) is 84.9 Å². The summed E-state index contributed by atoms with van der Waals surface area (Å²) in [6, 6.07) is 27.9. The molecule has 0 bridgehead atoms. The van der Waals surface area contributed by atoms with Gasteiger partial charge in [-0.05, 0) is 41.7 Å². The molecule has 0 spiro atoms. The molecule has 0 heterocycles. The molecule has 3 heteroatoms. The van der Waals surface area contributed by atoms with Crippen molar-refractivity contribution in [3.8, 4) is 5.75 Å². The molecule has 0 radical (unpaired) electrons. The number of rotatable bonds is 6. The third-order valence-corrected chi connectivity index (χ3v) is 5.28. The number of methoxy groups -OCH3 is 1. The number of nitrogens with one attached hydrogen (secondary N) is 1. The second kappa shape index (κ2) is 7.28. The van der Waals surface area contributed by atoms with Gasteiger partial charge in [-0.2, -0.15) is 0 Å². The van der Waals surface area contributed by atoms with Crippen molar-refractivity contribution in [3.63, 3.8) is 0 Å². The van der Waals surface area contributed by atoms with Crippen LogP contribution < -0.4 is 10.1 Å². The van der Waals surface area contributed by atoms with Crippen LogP contribution in [0.4, 0.5) is 0 Å². The standard InChI is InChI=1S/C24H23NO2/c1-27-21-14-12-20(13-15-21)24(16-17-24)25-23(26)22(18-8-4-2-5-9-18)19-10-6-3-7-11-19/h2-15,22H,16-17H2,1H3,(H,25,26). The van der Waals surface area contributed by atoms with E-state index in [4.69, 9.17) is 4.74 Å². The first-order valence-electron chi connectivity index (χ1n) is 9.28. The van der Waals surface area contributed by atoms with E-state index in [1.165, 1.54) is 0 Å². The van der Waals surface area contributed by atoms with Crippen molar-refractivity contribution in [2.45, 2.75) is 24.3 Å². The molecule has 3 nitrogen and oxygen atoms in total. The monoisotopic (exact) mass is 357 g/mol. The zero-order valence-electron chi connectivity index (χ0n) is 15.4. The zero-order chi connectivity index (χ0) is 18.7. The average Bonchev–Trinajstić information content (AvgIpc) is 3.50. The van der Waals surface area contributed by atoms with Gasteiger partial charge < -0.3 is 10.1 Å². The summed E-state index contributed by atoms with van der Waals surface area (Å²) in [6.07, 6.45) is 1.92. The first kappa shape index (κ1) is 17.3. The van der Waals surface area contributed by atoms with Gasteiger partial charge in [-0.15, -0.1) is 0 Å². The molecule has 0 aliphatic heterocycles. The Morgan fingerprint density at radius 3 is 1.81 bits per heavy atom. The lowest BCUT2D eigenvalue weighted by molar-refractivity contribution is -0.122. The Morgan fingerprint density at radius 2 is 1.37 bits per heavy atom. The normalized spacial score (nSPS) is 14.6. The summed E-state index contributed by atoms with van der Waals surface area (Å²) in [7, 11) is 1.66. The molecule has 136 valence electrons. The Labute approximate surface area is 160 Å². The smallest absolute Gasteiger partial charge is 0.232 e. The predicted molar refractivity (Wildman–Crippen MR) is 107 cm³/mol. The van der Waals surface area contributed by atoms with E-state index in [0.29, 0.717) is 0 Å². The maximum atomic E-state index is 13.4. The van der Waals surface area contributed by atoms with E-state index in [0.717, 1.165) is 35.3 Å². The van der Waals surface area contributed by atoms with Gasteiger partial charge >= 0.3 is 0 Å². The number of hydrogen-bond donors (Lipinski definition) is 1. The summed E-state index contributed by atoms with van der Waals surface area (Å²) in [6.45, 7) is 0. The van der Waals surface area contributed by atoms with Crippen molar-refractivity contribution in [1.29, 1.82) is 0 Å². The highest BCUT2D eigenvalue weighted by Crippen LogP contribution is 2.46. The number of carbonyl (C=O) groups is 1. The summed E-state index contributed by atoms with van der Waals surface area (Å²) in [5, 5.41) is 3.34. The number of amides is 1. The predicted octanol–water partition coefficient (Wildman–Crippen LogP) is 4.63. The molecule has 3 aromatic rings. The van der Waals surface area contributed by atoms with Crippen molar-refractivity contribution in [2.24, 2.45) is 0 Å². The molecule has 0 atom stereocenters. The zero-order valence-corrected chi connectivity index (χ0v) is 15.4. The lowest BCUT2D eigenvalue weighted by Crippen LogP contribution is -2.38. The summed E-state index contributed by atoms with van der Waals surface area (Å²) in [4.78, 5) is 13.4. The molecule has 1 fully saturated rings. The van der Waals surface area contributed by atoms with Crippen molar-refractivity contribution < 1.29 is 9.53 Å². The molecule has 4 rings (SSSR count). The number of ether oxygens (including phenoxy) is 1. The number of carbonyl (C=O) groups excluding carboxylic acids is 1. The van der Waals surface area contributed by atoms with Crippen LogP contribution in [0.25, 0.3) is 0 Å². The fourth-order valence-corrected chi connectivity index (χ4v) is 3.62. The van der Waals surface area contributed by atoms with Crippen molar-refractivity contribution in [3.05, 3.63) is 102 Å². The summed E-state index contributed by atoms with van der Waals surface area (Å²) < 4.78 is 5.25. The molecule has 3 aromatic carbocycles. The van der Waals surface area contributed by atoms with Crippen LogP contribution >= 0.6 is 0 Å². The molecule has 1 aliphatic rings. The Hall–Kier alpha value is -3.07. The van der Waals surface area contributed by atoms with Gasteiger partial charge in [0.15, 0.2) is 0 Å². The van der Waals surface area contributed by atoms with Crippen LogP contribution in [0.1, 0.15) is 35.4 Å². The summed E-state index contributed by atoms with van der Waals surface area (Å²) >= 11 is 0. The van der Waals surface area contributed by atoms with E-state index >= 15 is 0 Å². The van der Waals surface area contributed by atoms with E-state index in [9.17, 15) is 4.79 Å². The van der Waals surface area contributed by atoms with E-state index in [2.05, 4.69) is 5.32 Å². The first-order chi connectivity index (χ1) is 13.2. The van der Waals surface area contributed by atoms with E-state index in [1.54, 1.807) is 7.11 Å². The number of hydrogen-bond acceptors (Lipinski definition) is 2. The van der Waals surface area contributed by atoms with Crippen molar-refractivity contribution in [1.82, 2.24) is 5.32 Å². The third kappa shape index (κ3) is 3.59. The summed E-state index contributed by atoms with van der Waals surface area (Å²) in [5.41, 5.74) is 2.89. The minimum absolute atomic E-state index is 0.0423. The third-order valence-electron chi connectivity index (χ3n) is 5.28. The van der Waals surface area contributed by atoms with Gasteiger partial charge in [-0.25, -0.2) is 0 Å². The van der Waals surface area contributed by atoms with Gasteiger partial charge in [0.2, 0.25) is 5.91 Å². The molecule has 27 heavy (non-hydrogen) atoms. The van der Waals surface area contributed by atoms with Crippen LogP contribution in [0.5, 0.6) is 5.75 Å². The fraction of sp³-hybridized carbons (Fsp3) is 0.208. The molecule has 0 saturated heterocycles. The average molecular weight is 357 g/mol. The first-order valence-corrected chi connectivity index (χ1v) is 9.28. The molecule has 0 aromatic heterocycles. The number of benzene rings is 3.